The fraction of sp³-hybridized carbons (Fsp3) is 0.538. The van der Waals surface area contributed by atoms with Crippen molar-refractivity contribution in [3.05, 3.63) is 18.2 Å². The molecular formula is C13H20N2O2S. The molecule has 2 rings (SSSR count). The van der Waals surface area contributed by atoms with Crippen molar-refractivity contribution in [3.63, 3.8) is 0 Å². The summed E-state index contributed by atoms with van der Waals surface area (Å²) in [7, 11) is -3.19. The summed E-state index contributed by atoms with van der Waals surface area (Å²) >= 11 is 0. The molecule has 2 unspecified atom stereocenters. The summed E-state index contributed by atoms with van der Waals surface area (Å²) in [6.07, 6.45) is 4.81. The second-order valence-electron chi connectivity index (χ2n) is 5.18. The monoisotopic (exact) mass is 268 g/mol. The standard InChI is InChI=1S/C13H20N2O2S/c1-9-4-3-5-12(9)15-13-7-6-10(8-11(13)14)18(2,16)17/h6-9,12,15H,3-5,14H2,1-2H3. The van der Waals surface area contributed by atoms with Crippen molar-refractivity contribution >= 4 is 21.2 Å². The number of hydrogen-bond donors (Lipinski definition) is 2. The van der Waals surface area contributed by atoms with Gasteiger partial charge in [0.05, 0.1) is 16.3 Å². The first-order valence-corrected chi connectivity index (χ1v) is 8.13. The van der Waals surface area contributed by atoms with Crippen LogP contribution in [0.2, 0.25) is 0 Å². The predicted octanol–water partition coefficient (Wildman–Crippen LogP) is 2.27. The molecule has 0 amide bonds. The van der Waals surface area contributed by atoms with Gasteiger partial charge in [-0.05, 0) is 37.0 Å². The highest BCUT2D eigenvalue weighted by molar-refractivity contribution is 7.90. The zero-order chi connectivity index (χ0) is 13.3. The van der Waals surface area contributed by atoms with Crippen LogP contribution in [0.25, 0.3) is 0 Å². The Balaban J connectivity index is 2.20. The molecule has 1 aromatic carbocycles. The van der Waals surface area contributed by atoms with E-state index in [1.807, 2.05) is 0 Å². The summed E-state index contributed by atoms with van der Waals surface area (Å²) in [5.74, 6) is 0.638. The first-order chi connectivity index (χ1) is 8.38. The molecule has 0 radical (unpaired) electrons. The zero-order valence-electron chi connectivity index (χ0n) is 10.8. The van der Waals surface area contributed by atoms with Gasteiger partial charge < -0.3 is 11.1 Å². The molecule has 1 fully saturated rings. The fourth-order valence-corrected chi connectivity index (χ4v) is 3.12. The largest absolute Gasteiger partial charge is 0.397 e. The quantitative estimate of drug-likeness (QED) is 0.825. The molecule has 18 heavy (non-hydrogen) atoms. The van der Waals surface area contributed by atoms with Gasteiger partial charge in [-0.2, -0.15) is 0 Å². The fourth-order valence-electron chi connectivity index (χ4n) is 2.46. The molecule has 2 atom stereocenters. The van der Waals surface area contributed by atoms with Crippen LogP contribution in [0.15, 0.2) is 23.1 Å². The lowest BCUT2D eigenvalue weighted by atomic mass is 10.1. The Morgan fingerprint density at radius 2 is 2.06 bits per heavy atom. The van der Waals surface area contributed by atoms with Gasteiger partial charge in [0.15, 0.2) is 9.84 Å². The van der Waals surface area contributed by atoms with Gasteiger partial charge in [-0.15, -0.1) is 0 Å². The second kappa shape index (κ2) is 4.80. The molecule has 0 spiro atoms. The van der Waals surface area contributed by atoms with Crippen LogP contribution in [0.1, 0.15) is 26.2 Å². The zero-order valence-corrected chi connectivity index (χ0v) is 11.6. The van der Waals surface area contributed by atoms with Crippen LogP contribution in [-0.4, -0.2) is 20.7 Å². The third kappa shape index (κ3) is 2.77. The van der Waals surface area contributed by atoms with Crippen LogP contribution in [-0.2, 0) is 9.84 Å². The Morgan fingerprint density at radius 3 is 2.56 bits per heavy atom. The number of nitrogens with two attached hydrogens (primary N) is 1. The molecule has 0 aromatic heterocycles. The molecular weight excluding hydrogens is 248 g/mol. The Kier molecular flexibility index (Phi) is 3.52. The van der Waals surface area contributed by atoms with Crippen molar-refractivity contribution in [1.29, 1.82) is 0 Å². The van der Waals surface area contributed by atoms with Gasteiger partial charge in [0.2, 0.25) is 0 Å². The predicted molar refractivity (Wildman–Crippen MR) is 74.4 cm³/mol. The highest BCUT2D eigenvalue weighted by Crippen LogP contribution is 2.30. The summed E-state index contributed by atoms with van der Waals surface area (Å²) in [6, 6.07) is 5.33. The summed E-state index contributed by atoms with van der Waals surface area (Å²) in [5, 5.41) is 3.42. The minimum absolute atomic E-state index is 0.269. The summed E-state index contributed by atoms with van der Waals surface area (Å²) in [6.45, 7) is 2.23. The SMILES string of the molecule is CC1CCCC1Nc1ccc(S(C)(=O)=O)cc1N. The van der Waals surface area contributed by atoms with Crippen LogP contribution in [0.3, 0.4) is 0 Å². The average molecular weight is 268 g/mol. The van der Waals surface area contributed by atoms with Gasteiger partial charge in [0, 0.05) is 12.3 Å². The number of hydrogen-bond acceptors (Lipinski definition) is 4. The molecule has 4 nitrogen and oxygen atoms in total. The number of benzene rings is 1. The molecule has 3 N–H and O–H groups in total. The third-order valence-corrected chi connectivity index (χ3v) is 4.76. The maximum Gasteiger partial charge on any atom is 0.175 e. The van der Waals surface area contributed by atoms with E-state index in [0.29, 0.717) is 17.6 Å². The normalized spacial score (nSPS) is 24.1. The van der Waals surface area contributed by atoms with Crippen LogP contribution < -0.4 is 11.1 Å². The third-order valence-electron chi connectivity index (χ3n) is 3.65. The Hall–Kier alpha value is -1.23. The highest BCUT2D eigenvalue weighted by atomic mass is 32.2. The minimum Gasteiger partial charge on any atom is -0.397 e. The molecule has 1 aromatic rings. The van der Waals surface area contributed by atoms with E-state index >= 15 is 0 Å². The maximum absolute atomic E-state index is 11.4. The first kappa shape index (κ1) is 13.2. The summed E-state index contributed by atoms with van der Waals surface area (Å²) in [4.78, 5) is 0.269. The van der Waals surface area contributed by atoms with Crippen LogP contribution in [0.4, 0.5) is 11.4 Å². The van der Waals surface area contributed by atoms with E-state index in [9.17, 15) is 8.42 Å². The molecule has 1 aliphatic carbocycles. The topological polar surface area (TPSA) is 72.2 Å². The van der Waals surface area contributed by atoms with Crippen molar-refractivity contribution in [1.82, 2.24) is 0 Å². The lowest BCUT2D eigenvalue weighted by Gasteiger charge is -2.20. The molecule has 1 saturated carbocycles. The molecule has 5 heteroatoms. The Bertz CT molecular complexity index is 540. The number of anilines is 2. The van der Waals surface area contributed by atoms with E-state index in [1.54, 1.807) is 12.1 Å². The molecule has 100 valence electrons. The lowest BCUT2D eigenvalue weighted by Crippen LogP contribution is -2.22. The van der Waals surface area contributed by atoms with E-state index in [-0.39, 0.29) is 4.90 Å². The van der Waals surface area contributed by atoms with Crippen LogP contribution >= 0.6 is 0 Å². The van der Waals surface area contributed by atoms with Gasteiger partial charge in [-0.25, -0.2) is 8.42 Å². The average Bonchev–Trinajstić information content (AvgIpc) is 2.66. The lowest BCUT2D eigenvalue weighted by molar-refractivity contribution is 0.556. The van der Waals surface area contributed by atoms with Crippen molar-refractivity contribution in [3.8, 4) is 0 Å². The van der Waals surface area contributed by atoms with E-state index in [2.05, 4.69) is 12.2 Å². The van der Waals surface area contributed by atoms with Crippen molar-refractivity contribution in [2.75, 3.05) is 17.3 Å². The number of sulfone groups is 1. The van der Waals surface area contributed by atoms with E-state index in [4.69, 9.17) is 5.73 Å². The number of nitrogens with one attached hydrogen (secondary N) is 1. The van der Waals surface area contributed by atoms with E-state index < -0.39 is 9.84 Å². The summed E-state index contributed by atoms with van der Waals surface area (Å²) < 4.78 is 22.8. The van der Waals surface area contributed by atoms with Gasteiger partial charge in [-0.1, -0.05) is 13.3 Å². The molecule has 0 saturated heterocycles. The van der Waals surface area contributed by atoms with Gasteiger partial charge >= 0.3 is 0 Å². The smallest absolute Gasteiger partial charge is 0.175 e. The van der Waals surface area contributed by atoms with Crippen molar-refractivity contribution < 1.29 is 8.42 Å². The summed E-state index contributed by atoms with van der Waals surface area (Å²) in [5.41, 5.74) is 7.25. The van der Waals surface area contributed by atoms with E-state index in [1.165, 1.54) is 25.2 Å². The van der Waals surface area contributed by atoms with Gasteiger partial charge in [-0.3, -0.25) is 0 Å². The molecule has 1 aliphatic rings. The number of rotatable bonds is 3. The van der Waals surface area contributed by atoms with Crippen molar-refractivity contribution in [2.45, 2.75) is 37.1 Å². The Morgan fingerprint density at radius 1 is 1.33 bits per heavy atom. The maximum atomic E-state index is 11.4. The first-order valence-electron chi connectivity index (χ1n) is 6.24. The number of nitrogen functional groups attached to an aromatic ring is 1. The Labute approximate surface area is 108 Å². The molecule has 0 aliphatic heterocycles. The molecule has 0 heterocycles. The second-order valence-corrected chi connectivity index (χ2v) is 7.20. The van der Waals surface area contributed by atoms with E-state index in [0.717, 1.165) is 12.1 Å². The van der Waals surface area contributed by atoms with Crippen molar-refractivity contribution in [2.24, 2.45) is 5.92 Å². The van der Waals surface area contributed by atoms with Crippen LogP contribution in [0, 0.1) is 5.92 Å². The minimum atomic E-state index is -3.19. The highest BCUT2D eigenvalue weighted by Gasteiger charge is 2.23. The van der Waals surface area contributed by atoms with Crippen LogP contribution in [0.5, 0.6) is 0 Å². The van der Waals surface area contributed by atoms with Gasteiger partial charge in [0.25, 0.3) is 0 Å². The van der Waals surface area contributed by atoms with Gasteiger partial charge in [0.1, 0.15) is 0 Å². The molecule has 0 bridgehead atoms.